The maximum Gasteiger partial charge on any atom is 0.339 e. The van der Waals surface area contributed by atoms with Crippen molar-refractivity contribution in [2.24, 2.45) is 5.73 Å². The zero-order valence-corrected chi connectivity index (χ0v) is 17.8. The Bertz CT molecular complexity index is 1190. The van der Waals surface area contributed by atoms with E-state index in [0.29, 0.717) is 5.56 Å². The summed E-state index contributed by atoms with van der Waals surface area (Å²) in [5, 5.41) is 19.9. The number of hydrogen-bond acceptors (Lipinski definition) is 8. The minimum Gasteiger partial charge on any atom is -0.490 e. The lowest BCUT2D eigenvalue weighted by atomic mass is 10.1. The molecule has 0 aliphatic carbocycles. The van der Waals surface area contributed by atoms with Gasteiger partial charge in [-0.15, -0.1) is 0 Å². The third-order valence-corrected chi connectivity index (χ3v) is 5.35. The quantitative estimate of drug-likeness (QED) is 0.192. The topological polar surface area (TPSA) is 163 Å². The van der Waals surface area contributed by atoms with Crippen LogP contribution in [0.4, 0.5) is 5.69 Å². The number of nitriles is 1. The highest BCUT2D eigenvalue weighted by Crippen LogP contribution is 2.39. The lowest BCUT2D eigenvalue weighted by Crippen LogP contribution is -2.13. The first-order chi connectivity index (χ1) is 14.1. The molecule has 0 bridgehead atoms. The van der Waals surface area contributed by atoms with Crippen molar-refractivity contribution in [2.45, 2.75) is 11.8 Å². The number of hydrogen-bond donors (Lipinski definition) is 1. The average molecular weight is 496 g/mol. The van der Waals surface area contributed by atoms with Crippen molar-refractivity contribution in [1.29, 1.82) is 5.26 Å². The minimum absolute atomic E-state index is 0.00566. The number of benzene rings is 2. The number of carbonyl (C=O) groups is 1. The summed E-state index contributed by atoms with van der Waals surface area (Å²) in [5.41, 5.74) is 4.70. The Labute approximate surface area is 179 Å². The van der Waals surface area contributed by atoms with Crippen LogP contribution in [0.5, 0.6) is 11.5 Å². The summed E-state index contributed by atoms with van der Waals surface area (Å²) >= 11 is 3.17. The molecule has 30 heavy (non-hydrogen) atoms. The van der Waals surface area contributed by atoms with E-state index in [0.717, 1.165) is 18.2 Å². The van der Waals surface area contributed by atoms with Gasteiger partial charge in [-0.2, -0.15) is 13.7 Å². The van der Waals surface area contributed by atoms with Crippen LogP contribution in [0.2, 0.25) is 0 Å². The molecule has 2 aromatic rings. The van der Waals surface area contributed by atoms with Crippen molar-refractivity contribution in [3.63, 3.8) is 0 Å². The van der Waals surface area contributed by atoms with Crippen LogP contribution in [0.25, 0.3) is 6.08 Å². The molecule has 1 amide bonds. The van der Waals surface area contributed by atoms with Gasteiger partial charge in [0.15, 0.2) is 11.5 Å². The number of nitrogens with zero attached hydrogens (tertiary/aromatic N) is 2. The highest BCUT2D eigenvalue weighted by molar-refractivity contribution is 9.10. The van der Waals surface area contributed by atoms with Gasteiger partial charge < -0.3 is 14.7 Å². The first kappa shape index (κ1) is 22.9. The van der Waals surface area contributed by atoms with E-state index in [1.165, 1.54) is 24.3 Å². The fourth-order valence-electron chi connectivity index (χ4n) is 2.25. The van der Waals surface area contributed by atoms with Gasteiger partial charge in [-0.05, 0) is 52.7 Å². The van der Waals surface area contributed by atoms with Crippen molar-refractivity contribution in [1.82, 2.24) is 0 Å². The molecule has 0 heterocycles. The predicted octanol–water partition coefficient (Wildman–Crippen LogP) is 2.92. The van der Waals surface area contributed by atoms with Crippen LogP contribution in [-0.4, -0.2) is 25.9 Å². The molecule has 0 aliphatic rings. The second kappa shape index (κ2) is 9.38. The lowest BCUT2D eigenvalue weighted by molar-refractivity contribution is -0.385. The summed E-state index contributed by atoms with van der Waals surface area (Å²) in [7, 11) is -4.44. The zero-order valence-electron chi connectivity index (χ0n) is 15.4. The lowest BCUT2D eigenvalue weighted by Gasteiger charge is -2.14. The van der Waals surface area contributed by atoms with Crippen LogP contribution in [-0.2, 0) is 14.9 Å². The molecule has 0 spiro atoms. The Balaban J connectivity index is 2.53. The normalized spacial score (nSPS) is 11.4. The number of ether oxygens (including phenoxy) is 1. The van der Waals surface area contributed by atoms with Crippen LogP contribution in [0, 0.1) is 21.4 Å². The summed E-state index contributed by atoms with van der Waals surface area (Å²) in [6, 6.07) is 8.78. The Morgan fingerprint density at radius 2 is 2.07 bits per heavy atom. The van der Waals surface area contributed by atoms with E-state index in [-0.39, 0.29) is 28.2 Å². The summed E-state index contributed by atoms with van der Waals surface area (Å²) < 4.78 is 36.0. The second-order valence-electron chi connectivity index (χ2n) is 5.59. The predicted molar refractivity (Wildman–Crippen MR) is 109 cm³/mol. The molecule has 0 aliphatic heterocycles. The monoisotopic (exact) mass is 495 g/mol. The van der Waals surface area contributed by atoms with Gasteiger partial charge in [-0.1, -0.05) is 6.07 Å². The van der Waals surface area contributed by atoms with Crippen LogP contribution < -0.4 is 14.7 Å². The number of carbonyl (C=O) groups excluding carboxylic acids is 1. The molecular formula is C18H14BrN3O7S. The average Bonchev–Trinajstić information content (AvgIpc) is 2.68. The second-order valence-corrected chi connectivity index (χ2v) is 7.99. The first-order valence-electron chi connectivity index (χ1n) is 8.16. The molecule has 12 heteroatoms. The number of rotatable bonds is 8. The van der Waals surface area contributed by atoms with Gasteiger partial charge >= 0.3 is 10.1 Å². The van der Waals surface area contributed by atoms with Gasteiger partial charge in [-0.3, -0.25) is 14.9 Å². The molecule has 0 saturated heterocycles. The highest BCUT2D eigenvalue weighted by atomic mass is 79.9. The summed E-state index contributed by atoms with van der Waals surface area (Å²) in [6.07, 6.45) is 1.20. The third kappa shape index (κ3) is 5.34. The smallest absolute Gasteiger partial charge is 0.339 e. The molecule has 0 aromatic heterocycles. The number of non-ortho nitro benzene ring substituents is 1. The van der Waals surface area contributed by atoms with E-state index in [2.05, 4.69) is 15.9 Å². The van der Waals surface area contributed by atoms with Crippen LogP contribution in [0.3, 0.4) is 0 Å². The maximum absolute atomic E-state index is 12.6. The van der Waals surface area contributed by atoms with Crippen molar-refractivity contribution in [2.75, 3.05) is 6.61 Å². The standard InChI is InChI=1S/C18H14BrN3O7S/c1-2-28-16-8-11(6-12(10-20)18(21)23)7-15(19)17(16)29-30(26,27)14-5-3-4-13(9-14)22(24)25/h3-9H,2H2,1H3,(H2,21,23)/b12-6+. The number of nitrogens with two attached hydrogens (primary N) is 1. The summed E-state index contributed by atoms with van der Waals surface area (Å²) in [5.74, 6) is -1.15. The van der Waals surface area contributed by atoms with Crippen molar-refractivity contribution < 1.29 is 27.1 Å². The fourth-order valence-corrected chi connectivity index (χ4v) is 3.90. The number of nitro groups is 1. The Kier molecular flexibility index (Phi) is 7.14. The summed E-state index contributed by atoms with van der Waals surface area (Å²) in [6.45, 7) is 1.80. The number of halogens is 1. The Morgan fingerprint density at radius 1 is 1.37 bits per heavy atom. The minimum atomic E-state index is -4.44. The molecule has 2 aromatic carbocycles. The van der Waals surface area contributed by atoms with Gasteiger partial charge in [0.05, 0.1) is 16.0 Å². The van der Waals surface area contributed by atoms with Gasteiger partial charge in [0.2, 0.25) is 0 Å². The van der Waals surface area contributed by atoms with E-state index in [1.54, 1.807) is 13.0 Å². The van der Waals surface area contributed by atoms with E-state index in [4.69, 9.17) is 19.9 Å². The van der Waals surface area contributed by atoms with Crippen molar-refractivity contribution in [3.05, 3.63) is 62.1 Å². The van der Waals surface area contributed by atoms with Crippen LogP contribution >= 0.6 is 15.9 Å². The summed E-state index contributed by atoms with van der Waals surface area (Å²) in [4.78, 5) is 21.0. The number of amides is 1. The largest absolute Gasteiger partial charge is 0.490 e. The first-order valence-corrected chi connectivity index (χ1v) is 10.4. The molecule has 0 fully saturated rings. The highest BCUT2D eigenvalue weighted by Gasteiger charge is 2.24. The maximum atomic E-state index is 12.6. The molecule has 0 radical (unpaired) electrons. The number of primary amides is 1. The van der Waals surface area contributed by atoms with Gasteiger partial charge in [0.25, 0.3) is 11.6 Å². The molecule has 10 nitrogen and oxygen atoms in total. The van der Waals surface area contributed by atoms with E-state index in [9.17, 15) is 23.3 Å². The zero-order chi connectivity index (χ0) is 22.5. The molecule has 156 valence electrons. The Hall–Kier alpha value is -3.43. The Morgan fingerprint density at radius 3 is 2.63 bits per heavy atom. The molecule has 2 N–H and O–H groups in total. The van der Waals surface area contributed by atoms with E-state index in [1.807, 2.05) is 0 Å². The molecule has 0 atom stereocenters. The fraction of sp³-hybridized carbons (Fsp3) is 0.111. The third-order valence-electron chi connectivity index (χ3n) is 3.54. The molecule has 2 rings (SSSR count). The SMILES string of the molecule is CCOc1cc(/C=C(\C#N)C(N)=O)cc(Br)c1OS(=O)(=O)c1cccc([N+](=O)[O-])c1. The van der Waals surface area contributed by atoms with Crippen molar-refractivity contribution >= 4 is 43.7 Å². The van der Waals surface area contributed by atoms with Crippen molar-refractivity contribution in [3.8, 4) is 17.6 Å². The van der Waals surface area contributed by atoms with Crippen LogP contribution in [0.15, 0.2) is 51.3 Å². The molecule has 0 saturated carbocycles. The number of nitro benzene ring substituents is 1. The van der Waals surface area contributed by atoms with Gasteiger partial charge in [0.1, 0.15) is 16.5 Å². The molecule has 0 unspecified atom stereocenters. The molecular weight excluding hydrogens is 482 g/mol. The van der Waals surface area contributed by atoms with Gasteiger partial charge in [-0.25, -0.2) is 0 Å². The van der Waals surface area contributed by atoms with Crippen LogP contribution in [0.1, 0.15) is 12.5 Å². The van der Waals surface area contributed by atoms with E-state index >= 15 is 0 Å². The van der Waals surface area contributed by atoms with Gasteiger partial charge in [0, 0.05) is 12.1 Å². The van der Waals surface area contributed by atoms with E-state index < -0.39 is 31.5 Å².